The zero-order valence-corrected chi connectivity index (χ0v) is 12.0. The summed E-state index contributed by atoms with van der Waals surface area (Å²) in [7, 11) is 0. The number of nitriles is 1. The van der Waals surface area contributed by atoms with Gasteiger partial charge in [-0.25, -0.2) is 0 Å². The first-order chi connectivity index (χ1) is 10.1. The van der Waals surface area contributed by atoms with Gasteiger partial charge in [0.15, 0.2) is 0 Å². The van der Waals surface area contributed by atoms with Gasteiger partial charge in [0.05, 0.1) is 24.3 Å². The summed E-state index contributed by atoms with van der Waals surface area (Å²) in [5.74, 6) is 1.78. The summed E-state index contributed by atoms with van der Waals surface area (Å²) in [6.45, 7) is 4.15. The van der Waals surface area contributed by atoms with E-state index >= 15 is 0 Å². The number of benzene rings is 2. The lowest BCUT2D eigenvalue weighted by atomic mass is 10.1. The third-order valence-electron chi connectivity index (χ3n) is 2.94. The van der Waals surface area contributed by atoms with E-state index in [2.05, 4.69) is 6.07 Å². The molecule has 0 aromatic heterocycles. The van der Waals surface area contributed by atoms with Crippen molar-refractivity contribution in [1.29, 1.82) is 5.26 Å². The molecular weight excluding hydrogens is 266 g/mol. The third kappa shape index (κ3) is 3.74. The Morgan fingerprint density at radius 2 is 1.95 bits per heavy atom. The smallest absolute Gasteiger partial charge is 0.134 e. The Balaban J connectivity index is 2.33. The highest BCUT2D eigenvalue weighted by Gasteiger charge is 2.11. The molecule has 0 aliphatic heterocycles. The second kappa shape index (κ2) is 6.78. The molecule has 0 radical (unpaired) electrons. The largest absolute Gasteiger partial charge is 0.494 e. The van der Waals surface area contributed by atoms with Crippen LogP contribution in [0.1, 0.15) is 31.1 Å². The predicted molar refractivity (Wildman–Crippen MR) is 79.5 cm³/mol. The second-order valence-corrected chi connectivity index (χ2v) is 4.55. The number of rotatable bonds is 5. The lowest BCUT2D eigenvalue weighted by Gasteiger charge is -2.14. The van der Waals surface area contributed by atoms with Crippen LogP contribution < -0.4 is 9.47 Å². The van der Waals surface area contributed by atoms with Crippen molar-refractivity contribution in [2.75, 3.05) is 6.61 Å². The van der Waals surface area contributed by atoms with Crippen LogP contribution in [0.25, 0.3) is 0 Å². The summed E-state index contributed by atoms with van der Waals surface area (Å²) < 4.78 is 11.2. The van der Waals surface area contributed by atoms with Gasteiger partial charge in [-0.2, -0.15) is 5.26 Å². The first kappa shape index (κ1) is 14.9. The van der Waals surface area contributed by atoms with Crippen LogP contribution in [0, 0.1) is 11.3 Å². The molecule has 4 nitrogen and oxygen atoms in total. The van der Waals surface area contributed by atoms with E-state index in [9.17, 15) is 5.11 Å². The Labute approximate surface area is 124 Å². The lowest BCUT2D eigenvalue weighted by Crippen LogP contribution is -1.97. The van der Waals surface area contributed by atoms with E-state index in [-0.39, 0.29) is 0 Å². The highest BCUT2D eigenvalue weighted by atomic mass is 16.5. The minimum atomic E-state index is -0.678. The number of hydrogen-bond acceptors (Lipinski definition) is 4. The number of ether oxygens (including phenoxy) is 2. The summed E-state index contributed by atoms with van der Waals surface area (Å²) in [6, 6.07) is 14.3. The molecule has 1 unspecified atom stereocenters. The van der Waals surface area contributed by atoms with Crippen molar-refractivity contribution in [1.82, 2.24) is 0 Å². The van der Waals surface area contributed by atoms with Crippen molar-refractivity contribution < 1.29 is 14.6 Å². The minimum absolute atomic E-state index is 0.470. The molecule has 0 aliphatic carbocycles. The van der Waals surface area contributed by atoms with Gasteiger partial charge in [-0.1, -0.05) is 12.1 Å². The topological polar surface area (TPSA) is 62.5 Å². The molecular formula is C17H17NO3. The Morgan fingerprint density at radius 3 is 2.62 bits per heavy atom. The fourth-order valence-electron chi connectivity index (χ4n) is 1.96. The SMILES string of the molecule is CCOc1cccc(Oc2cc(C#N)ccc2C(C)O)c1. The predicted octanol–water partition coefficient (Wildman–Crippen LogP) is 3.80. The van der Waals surface area contributed by atoms with E-state index < -0.39 is 6.10 Å². The summed E-state index contributed by atoms with van der Waals surface area (Å²) in [6.07, 6.45) is -0.678. The first-order valence-corrected chi connectivity index (χ1v) is 6.77. The van der Waals surface area contributed by atoms with Gasteiger partial charge in [-0.15, -0.1) is 0 Å². The molecule has 21 heavy (non-hydrogen) atoms. The molecule has 2 rings (SSSR count). The maximum atomic E-state index is 9.80. The van der Waals surface area contributed by atoms with Crippen molar-refractivity contribution in [3.63, 3.8) is 0 Å². The van der Waals surface area contributed by atoms with E-state index in [0.29, 0.717) is 35.0 Å². The van der Waals surface area contributed by atoms with E-state index in [1.165, 1.54) is 0 Å². The van der Waals surface area contributed by atoms with Crippen LogP contribution in [0.5, 0.6) is 17.2 Å². The molecule has 0 heterocycles. The Hall–Kier alpha value is -2.51. The highest BCUT2D eigenvalue weighted by Crippen LogP contribution is 2.32. The highest BCUT2D eigenvalue weighted by molar-refractivity contribution is 5.46. The molecule has 0 amide bonds. The standard InChI is InChI=1S/C17H17NO3/c1-3-20-14-5-4-6-15(10-14)21-17-9-13(11-18)7-8-16(17)12(2)19/h4-10,12,19H,3H2,1-2H3. The van der Waals surface area contributed by atoms with E-state index in [1.54, 1.807) is 37.3 Å². The van der Waals surface area contributed by atoms with Crippen LogP contribution in [0.15, 0.2) is 42.5 Å². The average molecular weight is 283 g/mol. The average Bonchev–Trinajstić information content (AvgIpc) is 2.47. The van der Waals surface area contributed by atoms with Crippen molar-refractivity contribution in [2.24, 2.45) is 0 Å². The third-order valence-corrected chi connectivity index (χ3v) is 2.94. The number of nitrogens with zero attached hydrogens (tertiary/aromatic N) is 1. The van der Waals surface area contributed by atoms with Gasteiger partial charge >= 0.3 is 0 Å². The molecule has 0 spiro atoms. The Kier molecular flexibility index (Phi) is 4.81. The quantitative estimate of drug-likeness (QED) is 0.906. The fraction of sp³-hybridized carbons (Fsp3) is 0.235. The van der Waals surface area contributed by atoms with Crippen molar-refractivity contribution in [3.05, 3.63) is 53.6 Å². The normalized spacial score (nSPS) is 11.5. The van der Waals surface area contributed by atoms with Crippen molar-refractivity contribution in [2.45, 2.75) is 20.0 Å². The monoisotopic (exact) mass is 283 g/mol. The zero-order chi connectivity index (χ0) is 15.2. The van der Waals surface area contributed by atoms with E-state index in [0.717, 1.165) is 0 Å². The van der Waals surface area contributed by atoms with Gasteiger partial charge < -0.3 is 14.6 Å². The van der Waals surface area contributed by atoms with Crippen LogP contribution in [0.2, 0.25) is 0 Å². The van der Waals surface area contributed by atoms with E-state index in [1.807, 2.05) is 19.1 Å². The van der Waals surface area contributed by atoms with Crippen LogP contribution in [-0.4, -0.2) is 11.7 Å². The van der Waals surface area contributed by atoms with Crippen LogP contribution in [0.4, 0.5) is 0 Å². The fourth-order valence-corrected chi connectivity index (χ4v) is 1.96. The Morgan fingerprint density at radius 1 is 1.19 bits per heavy atom. The second-order valence-electron chi connectivity index (χ2n) is 4.55. The number of aliphatic hydroxyl groups excluding tert-OH is 1. The molecule has 4 heteroatoms. The number of aliphatic hydroxyl groups is 1. The molecule has 1 N–H and O–H groups in total. The molecule has 0 bridgehead atoms. The Bertz CT molecular complexity index is 659. The molecule has 0 saturated carbocycles. The summed E-state index contributed by atoms with van der Waals surface area (Å²) in [4.78, 5) is 0. The lowest BCUT2D eigenvalue weighted by molar-refractivity contribution is 0.195. The van der Waals surface area contributed by atoms with Gasteiger partial charge in [-0.3, -0.25) is 0 Å². The molecule has 0 aliphatic rings. The molecule has 0 fully saturated rings. The summed E-state index contributed by atoms with van der Waals surface area (Å²) in [5.41, 5.74) is 1.12. The van der Waals surface area contributed by atoms with Gasteiger partial charge in [0.25, 0.3) is 0 Å². The number of hydrogen-bond donors (Lipinski definition) is 1. The maximum absolute atomic E-state index is 9.80. The molecule has 108 valence electrons. The minimum Gasteiger partial charge on any atom is -0.494 e. The van der Waals surface area contributed by atoms with Gasteiger partial charge in [-0.05, 0) is 38.1 Å². The van der Waals surface area contributed by atoms with Gasteiger partial charge in [0, 0.05) is 11.6 Å². The molecule has 1 atom stereocenters. The summed E-state index contributed by atoms with van der Waals surface area (Å²) >= 11 is 0. The van der Waals surface area contributed by atoms with Gasteiger partial charge in [0.1, 0.15) is 17.2 Å². The molecule has 2 aromatic carbocycles. The van der Waals surface area contributed by atoms with Crippen LogP contribution in [-0.2, 0) is 0 Å². The van der Waals surface area contributed by atoms with Crippen molar-refractivity contribution >= 4 is 0 Å². The maximum Gasteiger partial charge on any atom is 0.134 e. The van der Waals surface area contributed by atoms with Crippen LogP contribution >= 0.6 is 0 Å². The first-order valence-electron chi connectivity index (χ1n) is 6.77. The molecule has 2 aromatic rings. The zero-order valence-electron chi connectivity index (χ0n) is 12.0. The summed E-state index contributed by atoms with van der Waals surface area (Å²) in [5, 5.41) is 18.8. The van der Waals surface area contributed by atoms with Crippen LogP contribution in [0.3, 0.4) is 0 Å². The van der Waals surface area contributed by atoms with Gasteiger partial charge in [0.2, 0.25) is 0 Å². The molecule has 0 saturated heterocycles. The van der Waals surface area contributed by atoms with E-state index in [4.69, 9.17) is 14.7 Å². The van der Waals surface area contributed by atoms with Crippen molar-refractivity contribution in [3.8, 4) is 23.3 Å².